The highest BCUT2D eigenvalue weighted by Crippen LogP contribution is 2.27. The summed E-state index contributed by atoms with van der Waals surface area (Å²) >= 11 is 6.06. The number of hydrogen-bond donors (Lipinski definition) is 1. The van der Waals surface area contributed by atoms with E-state index in [9.17, 15) is 19.7 Å². The van der Waals surface area contributed by atoms with Gasteiger partial charge in [-0.05, 0) is 25.1 Å². The number of nitrogens with zero attached hydrogens (tertiary/aromatic N) is 4. The SMILES string of the molecule is Cc1ccc(-n2nc(C(C)(C)C)cc2NC(=O)CN(C)C(=O)c2ccc([N+](=O)[O-])cc2Cl)cc1. The van der Waals surface area contributed by atoms with Crippen LogP contribution in [0.25, 0.3) is 5.69 Å². The number of non-ortho nitro benzene ring substituents is 1. The predicted molar refractivity (Wildman–Crippen MR) is 131 cm³/mol. The predicted octanol–water partition coefficient (Wildman–Crippen LogP) is 4.75. The van der Waals surface area contributed by atoms with E-state index in [0.29, 0.717) is 5.82 Å². The number of nitro benzene ring substituents is 1. The molecule has 2 aromatic carbocycles. The number of nitrogens with one attached hydrogen (secondary N) is 1. The van der Waals surface area contributed by atoms with Crippen LogP contribution in [-0.2, 0) is 10.2 Å². The molecule has 0 radical (unpaired) electrons. The van der Waals surface area contributed by atoms with E-state index in [0.717, 1.165) is 23.0 Å². The van der Waals surface area contributed by atoms with Crippen molar-refractivity contribution in [1.29, 1.82) is 0 Å². The van der Waals surface area contributed by atoms with Gasteiger partial charge in [0, 0.05) is 30.7 Å². The van der Waals surface area contributed by atoms with Gasteiger partial charge in [-0.2, -0.15) is 5.10 Å². The average molecular weight is 484 g/mol. The van der Waals surface area contributed by atoms with Crippen LogP contribution in [0.5, 0.6) is 0 Å². The Morgan fingerprint density at radius 3 is 2.35 bits per heavy atom. The molecule has 1 aromatic heterocycles. The van der Waals surface area contributed by atoms with Crippen LogP contribution in [0.2, 0.25) is 5.02 Å². The molecule has 3 aromatic rings. The zero-order valence-electron chi connectivity index (χ0n) is 19.6. The summed E-state index contributed by atoms with van der Waals surface area (Å²) in [6.45, 7) is 7.82. The third kappa shape index (κ3) is 5.60. The molecule has 0 spiro atoms. The number of amides is 2. The number of hydrogen-bond acceptors (Lipinski definition) is 5. The topological polar surface area (TPSA) is 110 Å². The molecule has 178 valence electrons. The minimum atomic E-state index is -0.597. The molecule has 0 atom stereocenters. The Hall–Kier alpha value is -3.72. The number of likely N-dealkylation sites (N-methyl/N-ethyl adjacent to an activating group) is 1. The summed E-state index contributed by atoms with van der Waals surface area (Å²) in [7, 11) is 1.46. The second kappa shape index (κ2) is 9.64. The quantitative estimate of drug-likeness (QED) is 0.401. The highest BCUT2D eigenvalue weighted by molar-refractivity contribution is 6.34. The van der Waals surface area contributed by atoms with Crippen molar-refractivity contribution in [1.82, 2.24) is 14.7 Å². The van der Waals surface area contributed by atoms with Crippen molar-refractivity contribution in [2.75, 3.05) is 18.9 Å². The molecule has 0 saturated carbocycles. The number of nitro groups is 1. The second-order valence-electron chi connectivity index (χ2n) is 9.04. The van der Waals surface area contributed by atoms with Gasteiger partial charge in [-0.3, -0.25) is 19.7 Å². The summed E-state index contributed by atoms with van der Waals surface area (Å²) in [6.07, 6.45) is 0. The fourth-order valence-corrected chi connectivity index (χ4v) is 3.44. The summed E-state index contributed by atoms with van der Waals surface area (Å²) in [5, 5.41) is 18.3. The van der Waals surface area contributed by atoms with Gasteiger partial charge in [0.15, 0.2) is 0 Å². The first-order chi connectivity index (χ1) is 15.9. The normalized spacial score (nSPS) is 11.2. The first kappa shape index (κ1) is 24.9. The van der Waals surface area contributed by atoms with Crippen molar-refractivity contribution in [3.8, 4) is 5.69 Å². The van der Waals surface area contributed by atoms with Crippen LogP contribution in [0, 0.1) is 17.0 Å². The van der Waals surface area contributed by atoms with Crippen molar-refractivity contribution in [3.05, 3.63) is 80.5 Å². The monoisotopic (exact) mass is 483 g/mol. The van der Waals surface area contributed by atoms with Crippen molar-refractivity contribution < 1.29 is 14.5 Å². The lowest BCUT2D eigenvalue weighted by atomic mass is 9.92. The Labute approximate surface area is 202 Å². The van der Waals surface area contributed by atoms with Gasteiger partial charge in [-0.1, -0.05) is 50.1 Å². The van der Waals surface area contributed by atoms with E-state index < -0.39 is 16.7 Å². The number of halogens is 1. The fraction of sp³-hybridized carbons (Fsp3) is 0.292. The molecule has 0 aliphatic rings. The zero-order chi connectivity index (χ0) is 25.2. The molecule has 0 fully saturated rings. The van der Waals surface area contributed by atoms with Gasteiger partial charge < -0.3 is 10.2 Å². The van der Waals surface area contributed by atoms with Gasteiger partial charge in [-0.15, -0.1) is 0 Å². The van der Waals surface area contributed by atoms with Crippen molar-refractivity contribution in [2.24, 2.45) is 0 Å². The van der Waals surface area contributed by atoms with E-state index in [-0.39, 0.29) is 28.2 Å². The number of aryl methyl sites for hydroxylation is 1. The van der Waals surface area contributed by atoms with Gasteiger partial charge in [0.2, 0.25) is 5.91 Å². The maximum Gasteiger partial charge on any atom is 0.270 e. The molecule has 0 aliphatic heterocycles. The number of aromatic nitrogens is 2. The molecule has 3 rings (SSSR count). The summed E-state index contributed by atoms with van der Waals surface area (Å²) in [5.74, 6) is -0.479. The van der Waals surface area contributed by atoms with Gasteiger partial charge >= 0.3 is 0 Å². The van der Waals surface area contributed by atoms with Gasteiger partial charge in [0.1, 0.15) is 5.82 Å². The lowest BCUT2D eigenvalue weighted by Gasteiger charge is -2.18. The molecule has 9 nitrogen and oxygen atoms in total. The third-order valence-corrected chi connectivity index (χ3v) is 5.46. The van der Waals surface area contributed by atoms with Crippen LogP contribution in [-0.4, -0.2) is 45.0 Å². The van der Waals surface area contributed by atoms with E-state index in [2.05, 4.69) is 10.4 Å². The summed E-state index contributed by atoms with van der Waals surface area (Å²) in [4.78, 5) is 37.1. The van der Waals surface area contributed by atoms with Crippen LogP contribution in [0.3, 0.4) is 0 Å². The van der Waals surface area contributed by atoms with E-state index in [1.54, 1.807) is 4.68 Å². The van der Waals surface area contributed by atoms with Crippen molar-refractivity contribution >= 4 is 34.9 Å². The molecular weight excluding hydrogens is 458 g/mol. The minimum Gasteiger partial charge on any atom is -0.332 e. The Kier molecular flexibility index (Phi) is 7.07. The Balaban J connectivity index is 1.80. The van der Waals surface area contributed by atoms with Gasteiger partial charge in [-0.25, -0.2) is 4.68 Å². The number of carbonyl (C=O) groups excluding carboxylic acids is 2. The molecule has 0 bridgehead atoms. The molecular formula is C24H26ClN5O4. The summed E-state index contributed by atoms with van der Waals surface area (Å²) in [6, 6.07) is 13.1. The van der Waals surface area contributed by atoms with Crippen LogP contribution in [0.4, 0.5) is 11.5 Å². The number of rotatable bonds is 6. The second-order valence-corrected chi connectivity index (χ2v) is 9.45. The first-order valence-electron chi connectivity index (χ1n) is 10.5. The maximum absolute atomic E-state index is 12.8. The van der Waals surface area contributed by atoms with Gasteiger partial charge in [0.05, 0.1) is 33.4 Å². The van der Waals surface area contributed by atoms with E-state index in [1.165, 1.54) is 24.1 Å². The first-order valence-corrected chi connectivity index (χ1v) is 10.9. The smallest absolute Gasteiger partial charge is 0.270 e. The van der Waals surface area contributed by atoms with E-state index >= 15 is 0 Å². The van der Waals surface area contributed by atoms with Crippen LogP contribution >= 0.6 is 11.6 Å². The highest BCUT2D eigenvalue weighted by Gasteiger charge is 2.23. The third-order valence-electron chi connectivity index (χ3n) is 5.15. The summed E-state index contributed by atoms with van der Waals surface area (Å²) < 4.78 is 1.66. The van der Waals surface area contributed by atoms with E-state index in [4.69, 9.17) is 11.6 Å². The Morgan fingerprint density at radius 2 is 1.79 bits per heavy atom. The average Bonchev–Trinajstić information content (AvgIpc) is 3.17. The number of carbonyl (C=O) groups is 2. The molecule has 34 heavy (non-hydrogen) atoms. The van der Waals surface area contributed by atoms with Crippen LogP contribution < -0.4 is 5.32 Å². The van der Waals surface area contributed by atoms with Gasteiger partial charge in [0.25, 0.3) is 11.6 Å². The molecule has 0 unspecified atom stereocenters. The maximum atomic E-state index is 12.8. The zero-order valence-corrected chi connectivity index (χ0v) is 20.4. The number of benzene rings is 2. The number of anilines is 1. The van der Waals surface area contributed by atoms with Crippen molar-refractivity contribution in [3.63, 3.8) is 0 Å². The van der Waals surface area contributed by atoms with E-state index in [1.807, 2.05) is 58.0 Å². The Bertz CT molecular complexity index is 1250. The van der Waals surface area contributed by atoms with Crippen molar-refractivity contribution in [2.45, 2.75) is 33.1 Å². The highest BCUT2D eigenvalue weighted by atomic mass is 35.5. The lowest BCUT2D eigenvalue weighted by Crippen LogP contribution is -2.35. The molecule has 1 heterocycles. The molecule has 0 aliphatic carbocycles. The molecule has 2 amide bonds. The molecule has 1 N–H and O–H groups in total. The van der Waals surface area contributed by atoms with Crippen LogP contribution in [0.15, 0.2) is 48.5 Å². The minimum absolute atomic E-state index is 0.0567. The van der Waals surface area contributed by atoms with Crippen LogP contribution in [0.1, 0.15) is 42.4 Å². The molecule has 0 saturated heterocycles. The standard InChI is InChI=1S/C24H26ClN5O4/c1-15-6-8-16(9-7-15)29-21(13-20(27-29)24(2,3)4)26-22(31)14-28(5)23(32)18-11-10-17(30(33)34)12-19(18)25/h6-13H,14H2,1-5H3,(H,26,31). The fourth-order valence-electron chi connectivity index (χ4n) is 3.19. The Morgan fingerprint density at radius 1 is 1.15 bits per heavy atom. The largest absolute Gasteiger partial charge is 0.332 e. The summed E-state index contributed by atoms with van der Waals surface area (Å²) in [5.41, 5.74) is 2.30. The lowest BCUT2D eigenvalue weighted by molar-refractivity contribution is -0.384. The molecule has 10 heteroatoms.